The first-order chi connectivity index (χ1) is 9.31. The summed E-state index contributed by atoms with van der Waals surface area (Å²) in [6.45, 7) is -1.41. The topological polar surface area (TPSA) is 107 Å². The first-order valence-electron chi connectivity index (χ1n) is 5.19. The molecule has 20 heavy (non-hydrogen) atoms. The van der Waals surface area contributed by atoms with Gasteiger partial charge in [-0.15, -0.1) is 0 Å². The van der Waals surface area contributed by atoms with Crippen molar-refractivity contribution in [3.8, 4) is 11.8 Å². The van der Waals surface area contributed by atoms with Crippen LogP contribution in [-0.2, 0) is 0 Å². The van der Waals surface area contributed by atoms with Crippen LogP contribution in [0.2, 0.25) is 0 Å². The maximum absolute atomic E-state index is 12.0. The number of hydrazone groups is 1. The first-order valence-corrected chi connectivity index (χ1v) is 5.19. The molecule has 9 heteroatoms. The zero-order chi connectivity index (χ0) is 15.2. The normalized spacial score (nSPS) is 11.6. The number of ether oxygens (including phenoxy) is 1. The highest BCUT2D eigenvalue weighted by atomic mass is 19.4. The van der Waals surface area contributed by atoms with Crippen molar-refractivity contribution in [3.63, 3.8) is 0 Å². The van der Waals surface area contributed by atoms with Crippen LogP contribution in [0.4, 0.5) is 18.9 Å². The van der Waals surface area contributed by atoms with Gasteiger partial charge in [0.15, 0.2) is 12.4 Å². The second-order valence-electron chi connectivity index (χ2n) is 3.53. The Bertz CT molecular complexity index is 562. The van der Waals surface area contributed by atoms with Crippen LogP contribution in [0.3, 0.4) is 0 Å². The lowest BCUT2D eigenvalue weighted by Gasteiger charge is -2.10. The summed E-state index contributed by atoms with van der Waals surface area (Å²) in [6.07, 6.45) is -4.43. The molecular weight excluding hydrogens is 275 g/mol. The standard InChI is InChI=1S/C11H10F3N5O/c12-11(13,14)6-20-8-3-1-2-7(4-8)18-19-9(5-15)10(16)17/h1-4,18H,6H2,(H3,16,17)/b19-9+. The highest BCUT2D eigenvalue weighted by molar-refractivity contribution is 6.45. The van der Waals surface area contributed by atoms with E-state index in [2.05, 4.69) is 15.3 Å². The number of alkyl halides is 3. The van der Waals surface area contributed by atoms with Crippen LogP contribution in [0, 0.1) is 16.7 Å². The van der Waals surface area contributed by atoms with E-state index in [1.165, 1.54) is 24.3 Å². The third-order valence-electron chi connectivity index (χ3n) is 1.89. The molecule has 0 amide bonds. The van der Waals surface area contributed by atoms with Crippen LogP contribution in [0.15, 0.2) is 29.4 Å². The summed E-state index contributed by atoms with van der Waals surface area (Å²) in [6, 6.07) is 7.15. The Kier molecular flexibility index (Phi) is 4.91. The van der Waals surface area contributed by atoms with Gasteiger partial charge in [0, 0.05) is 6.07 Å². The van der Waals surface area contributed by atoms with Crippen LogP contribution >= 0.6 is 0 Å². The third-order valence-corrected chi connectivity index (χ3v) is 1.89. The summed E-state index contributed by atoms with van der Waals surface area (Å²) in [4.78, 5) is 0. The molecule has 0 saturated heterocycles. The molecule has 1 aromatic rings. The van der Waals surface area contributed by atoms with Gasteiger partial charge in [0.1, 0.15) is 11.8 Å². The van der Waals surface area contributed by atoms with Crippen molar-refractivity contribution in [2.24, 2.45) is 10.8 Å². The van der Waals surface area contributed by atoms with E-state index in [1.54, 1.807) is 6.07 Å². The Morgan fingerprint density at radius 2 is 2.20 bits per heavy atom. The molecule has 0 aromatic heterocycles. The molecule has 0 aliphatic heterocycles. The van der Waals surface area contributed by atoms with Gasteiger partial charge in [0.25, 0.3) is 0 Å². The van der Waals surface area contributed by atoms with Crippen molar-refractivity contribution in [1.82, 2.24) is 0 Å². The smallest absolute Gasteiger partial charge is 0.422 e. The fourth-order valence-electron chi connectivity index (χ4n) is 1.09. The fraction of sp³-hybridized carbons (Fsp3) is 0.182. The lowest BCUT2D eigenvalue weighted by Crippen LogP contribution is -2.21. The molecule has 106 valence electrons. The number of nitrogens with two attached hydrogens (primary N) is 1. The average Bonchev–Trinajstić information content (AvgIpc) is 2.36. The predicted octanol–water partition coefficient (Wildman–Crippen LogP) is 1.86. The quantitative estimate of drug-likeness (QED) is 0.436. The molecule has 4 N–H and O–H groups in total. The van der Waals surface area contributed by atoms with Gasteiger partial charge in [-0.05, 0) is 12.1 Å². The van der Waals surface area contributed by atoms with E-state index in [1.807, 2.05) is 0 Å². The van der Waals surface area contributed by atoms with Gasteiger partial charge >= 0.3 is 6.18 Å². The number of nitriles is 1. The summed E-state index contributed by atoms with van der Waals surface area (Å²) < 4.78 is 40.5. The lowest BCUT2D eigenvalue weighted by atomic mass is 10.3. The van der Waals surface area contributed by atoms with E-state index in [0.717, 1.165) is 0 Å². The van der Waals surface area contributed by atoms with Crippen LogP contribution in [0.1, 0.15) is 0 Å². The Morgan fingerprint density at radius 1 is 1.50 bits per heavy atom. The van der Waals surface area contributed by atoms with Crippen LogP contribution in [-0.4, -0.2) is 24.3 Å². The van der Waals surface area contributed by atoms with Crippen molar-refractivity contribution < 1.29 is 17.9 Å². The van der Waals surface area contributed by atoms with E-state index >= 15 is 0 Å². The second kappa shape index (κ2) is 6.42. The molecule has 0 aliphatic rings. The summed E-state index contributed by atoms with van der Waals surface area (Å²) in [5.74, 6) is -0.534. The van der Waals surface area contributed by atoms with E-state index in [9.17, 15) is 13.2 Å². The molecule has 0 atom stereocenters. The number of hydrogen-bond acceptors (Lipinski definition) is 5. The molecule has 0 radical (unpaired) electrons. The molecule has 0 unspecified atom stereocenters. The van der Waals surface area contributed by atoms with Gasteiger partial charge in [-0.3, -0.25) is 10.8 Å². The number of anilines is 1. The zero-order valence-corrected chi connectivity index (χ0v) is 10.0. The highest BCUT2D eigenvalue weighted by Crippen LogP contribution is 2.21. The highest BCUT2D eigenvalue weighted by Gasteiger charge is 2.28. The Morgan fingerprint density at radius 3 is 2.75 bits per heavy atom. The van der Waals surface area contributed by atoms with E-state index < -0.39 is 18.6 Å². The number of amidine groups is 1. The predicted molar refractivity (Wildman–Crippen MR) is 66.6 cm³/mol. The van der Waals surface area contributed by atoms with Crippen LogP contribution in [0.5, 0.6) is 5.75 Å². The van der Waals surface area contributed by atoms with Crippen molar-refractivity contribution in [2.75, 3.05) is 12.0 Å². The molecule has 0 spiro atoms. The molecule has 1 rings (SSSR count). The number of nitrogens with one attached hydrogen (secondary N) is 2. The van der Waals surface area contributed by atoms with Gasteiger partial charge in [-0.2, -0.15) is 23.5 Å². The zero-order valence-electron chi connectivity index (χ0n) is 10.0. The van der Waals surface area contributed by atoms with E-state index in [-0.39, 0.29) is 11.5 Å². The van der Waals surface area contributed by atoms with Crippen molar-refractivity contribution in [3.05, 3.63) is 24.3 Å². The summed E-state index contributed by atoms with van der Waals surface area (Å²) in [5.41, 5.74) is 7.42. The van der Waals surface area contributed by atoms with Gasteiger partial charge in [-0.25, -0.2) is 0 Å². The molecule has 0 bridgehead atoms. The maximum Gasteiger partial charge on any atom is 0.422 e. The summed E-state index contributed by atoms with van der Waals surface area (Å²) >= 11 is 0. The second-order valence-corrected chi connectivity index (χ2v) is 3.53. The molecular formula is C11H10F3N5O. The van der Waals surface area contributed by atoms with E-state index in [0.29, 0.717) is 5.69 Å². The Labute approximate surface area is 112 Å². The van der Waals surface area contributed by atoms with Gasteiger partial charge in [0.2, 0.25) is 5.71 Å². The molecule has 1 aromatic carbocycles. The first kappa shape index (κ1) is 15.3. The number of hydrogen-bond donors (Lipinski definition) is 3. The van der Waals surface area contributed by atoms with Crippen molar-refractivity contribution in [2.45, 2.75) is 6.18 Å². The number of rotatable bonds is 5. The minimum Gasteiger partial charge on any atom is -0.484 e. The van der Waals surface area contributed by atoms with E-state index in [4.69, 9.17) is 16.4 Å². The molecule has 0 saturated carbocycles. The molecule has 0 fully saturated rings. The van der Waals surface area contributed by atoms with Crippen LogP contribution in [0.25, 0.3) is 0 Å². The maximum atomic E-state index is 12.0. The lowest BCUT2D eigenvalue weighted by molar-refractivity contribution is -0.153. The minimum absolute atomic E-state index is 0.0103. The molecule has 0 aliphatic carbocycles. The Hall–Kier alpha value is -2.76. The monoisotopic (exact) mass is 285 g/mol. The summed E-state index contributed by atoms with van der Waals surface area (Å²) in [7, 11) is 0. The van der Waals surface area contributed by atoms with Gasteiger partial charge in [0.05, 0.1) is 5.69 Å². The number of nitrogens with zero attached hydrogens (tertiary/aromatic N) is 2. The third kappa shape index (κ3) is 5.26. The Balaban J connectivity index is 2.74. The van der Waals surface area contributed by atoms with Gasteiger partial charge in [-0.1, -0.05) is 6.07 Å². The van der Waals surface area contributed by atoms with Gasteiger partial charge < -0.3 is 10.5 Å². The minimum atomic E-state index is -4.43. The SMILES string of the molecule is N#C/C(=N\Nc1cccc(OCC(F)(F)F)c1)C(=N)N. The largest absolute Gasteiger partial charge is 0.484 e. The average molecular weight is 285 g/mol. The fourth-order valence-corrected chi connectivity index (χ4v) is 1.09. The molecule has 0 heterocycles. The number of benzene rings is 1. The van der Waals surface area contributed by atoms with Crippen molar-refractivity contribution >= 4 is 17.2 Å². The van der Waals surface area contributed by atoms with Crippen LogP contribution < -0.4 is 15.9 Å². The van der Waals surface area contributed by atoms with Crippen molar-refractivity contribution in [1.29, 1.82) is 10.7 Å². The number of halogens is 3. The summed E-state index contributed by atoms with van der Waals surface area (Å²) in [5, 5.41) is 19.2. The molecule has 6 nitrogen and oxygen atoms in total.